The molecule has 0 unspecified atom stereocenters. The highest BCUT2D eigenvalue weighted by Gasteiger charge is 2.25. The van der Waals surface area contributed by atoms with Crippen molar-refractivity contribution in [2.45, 2.75) is 25.3 Å². The lowest BCUT2D eigenvalue weighted by Crippen LogP contribution is -2.42. The van der Waals surface area contributed by atoms with Crippen molar-refractivity contribution in [2.24, 2.45) is 0 Å². The van der Waals surface area contributed by atoms with Crippen molar-refractivity contribution in [3.63, 3.8) is 0 Å². The van der Waals surface area contributed by atoms with Crippen molar-refractivity contribution in [1.82, 2.24) is 4.98 Å². The Hall–Kier alpha value is -1.29. The smallest absolute Gasteiger partial charge is 0.0738 e. The third-order valence-corrected chi connectivity index (χ3v) is 2.99. The molecule has 0 bridgehead atoms. The molecule has 0 amide bonds. The predicted octanol–water partition coefficient (Wildman–Crippen LogP) is 1.02. The number of pyridine rings is 1. The maximum Gasteiger partial charge on any atom is 0.0738 e. The average molecular weight is 207 g/mol. The number of anilines is 2. The molecule has 82 valence electrons. The standard InChI is InChI=1S/C11H17N3O/c12-10-8-13-5-4-11(10)14(6-7-15)9-2-1-3-9/h4-5,8-9,15H,1-3,6-7,12H2. The van der Waals surface area contributed by atoms with Crippen LogP contribution in [0.1, 0.15) is 19.3 Å². The second-order valence-corrected chi connectivity index (χ2v) is 3.94. The zero-order valence-corrected chi connectivity index (χ0v) is 8.76. The van der Waals surface area contributed by atoms with Gasteiger partial charge in [-0.15, -0.1) is 0 Å². The van der Waals surface area contributed by atoms with Crippen molar-refractivity contribution in [3.05, 3.63) is 18.5 Å². The van der Waals surface area contributed by atoms with E-state index in [0.717, 1.165) is 5.69 Å². The Kier molecular flexibility index (Phi) is 3.06. The van der Waals surface area contributed by atoms with Crippen molar-refractivity contribution >= 4 is 11.4 Å². The topological polar surface area (TPSA) is 62.4 Å². The molecule has 15 heavy (non-hydrogen) atoms. The Labute approximate surface area is 89.7 Å². The Bertz CT molecular complexity index is 325. The second kappa shape index (κ2) is 4.49. The second-order valence-electron chi connectivity index (χ2n) is 3.94. The molecule has 0 radical (unpaired) electrons. The van der Waals surface area contributed by atoms with Crippen LogP contribution in [0.5, 0.6) is 0 Å². The number of aliphatic hydroxyl groups excluding tert-OH is 1. The summed E-state index contributed by atoms with van der Waals surface area (Å²) in [6, 6.07) is 2.46. The van der Waals surface area contributed by atoms with Gasteiger partial charge >= 0.3 is 0 Å². The molecule has 1 fully saturated rings. The van der Waals surface area contributed by atoms with Crippen LogP contribution in [0.3, 0.4) is 0 Å². The largest absolute Gasteiger partial charge is 0.396 e. The summed E-state index contributed by atoms with van der Waals surface area (Å²) >= 11 is 0. The predicted molar refractivity (Wildman–Crippen MR) is 60.7 cm³/mol. The van der Waals surface area contributed by atoms with Crippen LogP contribution >= 0.6 is 0 Å². The van der Waals surface area contributed by atoms with E-state index in [0.29, 0.717) is 18.3 Å². The summed E-state index contributed by atoms with van der Waals surface area (Å²) in [4.78, 5) is 6.17. The van der Waals surface area contributed by atoms with Crippen LogP contribution in [0, 0.1) is 0 Å². The van der Waals surface area contributed by atoms with Crippen LogP contribution in [-0.2, 0) is 0 Å². The molecule has 0 spiro atoms. The quantitative estimate of drug-likeness (QED) is 0.773. The number of aromatic nitrogens is 1. The zero-order valence-electron chi connectivity index (χ0n) is 8.76. The summed E-state index contributed by atoms with van der Waals surface area (Å²) in [6.07, 6.45) is 7.08. The maximum atomic E-state index is 9.06. The number of nitrogens with two attached hydrogens (primary N) is 1. The van der Waals surface area contributed by atoms with E-state index in [9.17, 15) is 0 Å². The third-order valence-electron chi connectivity index (χ3n) is 2.99. The van der Waals surface area contributed by atoms with Gasteiger partial charge in [0.25, 0.3) is 0 Å². The van der Waals surface area contributed by atoms with Gasteiger partial charge in [-0.1, -0.05) is 0 Å². The van der Waals surface area contributed by atoms with Gasteiger partial charge in [-0.2, -0.15) is 0 Å². The third kappa shape index (κ3) is 2.04. The highest BCUT2D eigenvalue weighted by molar-refractivity contribution is 5.66. The van der Waals surface area contributed by atoms with E-state index in [1.165, 1.54) is 19.3 Å². The fraction of sp³-hybridized carbons (Fsp3) is 0.545. The van der Waals surface area contributed by atoms with E-state index in [4.69, 9.17) is 10.8 Å². The van der Waals surface area contributed by atoms with E-state index < -0.39 is 0 Å². The lowest BCUT2D eigenvalue weighted by atomic mass is 9.91. The van der Waals surface area contributed by atoms with E-state index in [1.807, 2.05) is 6.07 Å². The minimum Gasteiger partial charge on any atom is -0.396 e. The molecule has 0 saturated heterocycles. The van der Waals surface area contributed by atoms with Gasteiger partial charge in [0.05, 0.1) is 24.2 Å². The van der Waals surface area contributed by atoms with Crippen LogP contribution in [0.25, 0.3) is 0 Å². The van der Waals surface area contributed by atoms with Crippen LogP contribution < -0.4 is 10.6 Å². The van der Waals surface area contributed by atoms with Gasteiger partial charge in [0, 0.05) is 18.8 Å². The Morgan fingerprint density at radius 3 is 2.87 bits per heavy atom. The highest BCUT2D eigenvalue weighted by atomic mass is 16.3. The molecule has 1 aliphatic carbocycles. The summed E-state index contributed by atoms with van der Waals surface area (Å²) in [6.45, 7) is 0.817. The minimum absolute atomic E-state index is 0.165. The average Bonchev–Trinajstić information content (AvgIpc) is 2.15. The number of nitrogen functional groups attached to an aromatic ring is 1. The first-order valence-corrected chi connectivity index (χ1v) is 5.40. The molecule has 1 aromatic rings. The molecule has 0 atom stereocenters. The number of hydrogen-bond donors (Lipinski definition) is 2. The fourth-order valence-electron chi connectivity index (χ4n) is 1.97. The van der Waals surface area contributed by atoms with Crippen molar-refractivity contribution in [2.75, 3.05) is 23.8 Å². The van der Waals surface area contributed by atoms with E-state index in [1.54, 1.807) is 12.4 Å². The van der Waals surface area contributed by atoms with Gasteiger partial charge in [0.15, 0.2) is 0 Å². The van der Waals surface area contributed by atoms with Gasteiger partial charge < -0.3 is 15.7 Å². The minimum atomic E-state index is 0.165. The summed E-state index contributed by atoms with van der Waals surface area (Å²) < 4.78 is 0. The van der Waals surface area contributed by atoms with Gasteiger partial charge in [-0.3, -0.25) is 4.98 Å². The zero-order chi connectivity index (χ0) is 10.7. The van der Waals surface area contributed by atoms with Crippen molar-refractivity contribution < 1.29 is 5.11 Å². The first kappa shape index (κ1) is 10.2. The van der Waals surface area contributed by atoms with Crippen LogP contribution in [-0.4, -0.2) is 29.3 Å². The molecule has 4 heteroatoms. The number of rotatable bonds is 4. The lowest BCUT2D eigenvalue weighted by molar-refractivity contribution is 0.284. The Morgan fingerprint density at radius 2 is 2.33 bits per heavy atom. The van der Waals surface area contributed by atoms with Crippen LogP contribution in [0.4, 0.5) is 11.4 Å². The number of aliphatic hydroxyl groups is 1. The molecular formula is C11H17N3O. The van der Waals surface area contributed by atoms with Gasteiger partial charge in [-0.05, 0) is 25.3 Å². The van der Waals surface area contributed by atoms with Gasteiger partial charge in [0.1, 0.15) is 0 Å². The monoisotopic (exact) mass is 207 g/mol. The van der Waals surface area contributed by atoms with Crippen molar-refractivity contribution in [3.8, 4) is 0 Å². The molecule has 1 aromatic heterocycles. The Morgan fingerprint density at radius 1 is 1.53 bits per heavy atom. The van der Waals surface area contributed by atoms with E-state index in [2.05, 4.69) is 9.88 Å². The molecular weight excluding hydrogens is 190 g/mol. The fourth-order valence-corrected chi connectivity index (χ4v) is 1.97. The summed E-state index contributed by atoms with van der Waals surface area (Å²) in [5.41, 5.74) is 7.58. The number of nitrogens with zero attached hydrogens (tertiary/aromatic N) is 2. The molecule has 1 saturated carbocycles. The van der Waals surface area contributed by atoms with Crippen LogP contribution in [0.15, 0.2) is 18.5 Å². The maximum absolute atomic E-state index is 9.06. The Balaban J connectivity index is 2.19. The van der Waals surface area contributed by atoms with Gasteiger partial charge in [0.2, 0.25) is 0 Å². The summed E-state index contributed by atoms with van der Waals surface area (Å²) in [5.74, 6) is 0. The molecule has 1 aliphatic rings. The highest BCUT2D eigenvalue weighted by Crippen LogP contribution is 2.31. The molecule has 3 N–H and O–H groups in total. The molecule has 0 aromatic carbocycles. The normalized spacial score (nSPS) is 16.1. The van der Waals surface area contributed by atoms with E-state index in [-0.39, 0.29) is 6.61 Å². The summed E-state index contributed by atoms with van der Waals surface area (Å²) in [7, 11) is 0. The molecule has 4 nitrogen and oxygen atoms in total. The lowest BCUT2D eigenvalue weighted by Gasteiger charge is -2.39. The van der Waals surface area contributed by atoms with Gasteiger partial charge in [-0.25, -0.2) is 0 Å². The van der Waals surface area contributed by atoms with Crippen LogP contribution in [0.2, 0.25) is 0 Å². The number of hydrogen-bond acceptors (Lipinski definition) is 4. The molecule has 1 heterocycles. The molecule has 0 aliphatic heterocycles. The van der Waals surface area contributed by atoms with Crippen molar-refractivity contribution in [1.29, 1.82) is 0 Å². The van der Waals surface area contributed by atoms with E-state index >= 15 is 0 Å². The first-order chi connectivity index (χ1) is 7.33. The SMILES string of the molecule is Nc1cnccc1N(CCO)C1CCC1. The molecule has 2 rings (SSSR count). The summed E-state index contributed by atoms with van der Waals surface area (Å²) in [5, 5.41) is 9.06. The first-order valence-electron chi connectivity index (χ1n) is 5.40.